The van der Waals surface area contributed by atoms with Crippen molar-refractivity contribution in [1.82, 2.24) is 8.94 Å². The molecule has 0 aromatic carbocycles. The molecule has 2 N–H and O–H groups in total. The van der Waals surface area contributed by atoms with Crippen LogP contribution < -0.4 is 5.32 Å². The van der Waals surface area contributed by atoms with E-state index >= 15 is 0 Å². The molecule has 0 bridgehead atoms. The monoisotopic (exact) mass is 265 g/mol. The number of amides is 1. The molecule has 6 nitrogen and oxygen atoms in total. The van der Waals surface area contributed by atoms with E-state index in [1.165, 1.54) is 0 Å². The van der Waals surface area contributed by atoms with Gasteiger partial charge in [-0.15, -0.1) is 0 Å². The Hall–Kier alpha value is -2.15. The molecule has 0 fully saturated rings. The van der Waals surface area contributed by atoms with Gasteiger partial charge in [-0.1, -0.05) is 0 Å². The van der Waals surface area contributed by atoms with Gasteiger partial charge in [-0.3, -0.25) is 4.79 Å². The van der Waals surface area contributed by atoms with Gasteiger partial charge < -0.3 is 15.0 Å². The minimum absolute atomic E-state index is 0.0440. The smallest absolute Gasteiger partial charge is 0.340 e. The van der Waals surface area contributed by atoms with E-state index in [2.05, 4.69) is 9.69 Å². The standard InChI is InChI=1S/C11H11N3O3S/c1-6-8(11(16)17)10(18-13-6)12-9(15)7-4-3-5-14(7)2/h3-5H,1-2H3,(H,12,15)(H,16,17). The molecule has 0 aliphatic carbocycles. The number of carboxylic acids is 1. The van der Waals surface area contributed by atoms with Gasteiger partial charge in [0.25, 0.3) is 5.91 Å². The Morgan fingerprint density at radius 2 is 2.22 bits per heavy atom. The van der Waals surface area contributed by atoms with Crippen molar-refractivity contribution in [2.45, 2.75) is 6.92 Å². The number of carbonyl (C=O) groups is 2. The second kappa shape index (κ2) is 4.61. The molecule has 0 atom stereocenters. The molecular formula is C11H11N3O3S. The zero-order valence-electron chi connectivity index (χ0n) is 9.80. The van der Waals surface area contributed by atoms with Crippen LogP contribution >= 0.6 is 11.5 Å². The highest BCUT2D eigenvalue weighted by Gasteiger charge is 2.20. The lowest BCUT2D eigenvalue weighted by Gasteiger charge is -2.04. The number of hydrogen-bond donors (Lipinski definition) is 2. The molecule has 2 aromatic rings. The van der Waals surface area contributed by atoms with Crippen molar-refractivity contribution in [3.05, 3.63) is 35.3 Å². The molecule has 94 valence electrons. The van der Waals surface area contributed by atoms with Gasteiger partial charge in [0.2, 0.25) is 0 Å². The Kier molecular flexibility index (Phi) is 3.15. The number of aromatic nitrogens is 2. The van der Waals surface area contributed by atoms with E-state index in [0.29, 0.717) is 11.4 Å². The first kappa shape index (κ1) is 12.3. The summed E-state index contributed by atoms with van der Waals surface area (Å²) in [5, 5.41) is 11.9. The molecule has 0 saturated heterocycles. The van der Waals surface area contributed by atoms with Gasteiger partial charge in [0.05, 0.1) is 5.69 Å². The summed E-state index contributed by atoms with van der Waals surface area (Å²) < 4.78 is 5.59. The second-order valence-corrected chi connectivity index (χ2v) is 4.51. The quantitative estimate of drug-likeness (QED) is 0.885. The van der Waals surface area contributed by atoms with Crippen LogP contribution in [0.1, 0.15) is 26.5 Å². The van der Waals surface area contributed by atoms with E-state index in [0.717, 1.165) is 11.5 Å². The van der Waals surface area contributed by atoms with Crippen molar-refractivity contribution in [3.63, 3.8) is 0 Å². The maximum atomic E-state index is 11.9. The Morgan fingerprint density at radius 1 is 1.50 bits per heavy atom. The third-order valence-electron chi connectivity index (χ3n) is 2.48. The zero-order valence-corrected chi connectivity index (χ0v) is 10.6. The first-order valence-corrected chi connectivity index (χ1v) is 5.90. The molecule has 0 aliphatic rings. The topological polar surface area (TPSA) is 84.2 Å². The number of rotatable bonds is 3. The number of carboxylic acid groups (broad SMARTS) is 1. The molecule has 18 heavy (non-hydrogen) atoms. The summed E-state index contributed by atoms with van der Waals surface area (Å²) in [5.74, 6) is -1.45. The predicted molar refractivity (Wildman–Crippen MR) is 67.2 cm³/mol. The van der Waals surface area contributed by atoms with Crippen LogP contribution in [0.2, 0.25) is 0 Å². The molecule has 0 radical (unpaired) electrons. The summed E-state index contributed by atoms with van der Waals surface area (Å²) in [6.45, 7) is 1.60. The highest BCUT2D eigenvalue weighted by molar-refractivity contribution is 7.11. The number of nitrogens with zero attached hydrogens (tertiary/aromatic N) is 2. The lowest BCUT2D eigenvalue weighted by atomic mass is 10.2. The van der Waals surface area contributed by atoms with E-state index in [1.54, 1.807) is 36.9 Å². The molecule has 0 spiro atoms. The van der Waals surface area contributed by atoms with Crippen molar-refractivity contribution in [2.75, 3.05) is 5.32 Å². The average molecular weight is 265 g/mol. The van der Waals surface area contributed by atoms with Gasteiger partial charge >= 0.3 is 5.97 Å². The molecular weight excluding hydrogens is 254 g/mol. The van der Waals surface area contributed by atoms with Crippen LogP contribution in [-0.2, 0) is 7.05 Å². The van der Waals surface area contributed by atoms with Gasteiger partial charge in [-0.2, -0.15) is 4.37 Å². The second-order valence-electron chi connectivity index (χ2n) is 3.74. The van der Waals surface area contributed by atoms with Crippen molar-refractivity contribution in [2.24, 2.45) is 7.05 Å². The van der Waals surface area contributed by atoms with E-state index in [-0.39, 0.29) is 16.5 Å². The first-order chi connectivity index (χ1) is 8.50. The third kappa shape index (κ3) is 2.12. The van der Waals surface area contributed by atoms with Crippen LogP contribution in [0.4, 0.5) is 5.00 Å². The number of carbonyl (C=O) groups excluding carboxylic acids is 1. The Balaban J connectivity index is 2.28. The summed E-state index contributed by atoms with van der Waals surface area (Å²) in [7, 11) is 1.74. The first-order valence-electron chi connectivity index (χ1n) is 5.13. The van der Waals surface area contributed by atoms with Crippen LogP contribution in [0.3, 0.4) is 0 Å². The summed E-state index contributed by atoms with van der Waals surface area (Å²) in [4.78, 5) is 23.0. The van der Waals surface area contributed by atoms with E-state index in [1.807, 2.05) is 0 Å². The van der Waals surface area contributed by atoms with Crippen LogP contribution in [0.25, 0.3) is 0 Å². The van der Waals surface area contributed by atoms with Crippen molar-refractivity contribution in [3.8, 4) is 0 Å². The van der Waals surface area contributed by atoms with Gasteiger partial charge in [0.15, 0.2) is 0 Å². The third-order valence-corrected chi connectivity index (χ3v) is 3.33. The van der Waals surface area contributed by atoms with Crippen LogP contribution in [0.15, 0.2) is 18.3 Å². The number of aromatic carboxylic acids is 1. The molecule has 0 unspecified atom stereocenters. The zero-order chi connectivity index (χ0) is 13.3. The lowest BCUT2D eigenvalue weighted by molar-refractivity contribution is 0.0697. The molecule has 2 rings (SSSR count). The number of hydrogen-bond acceptors (Lipinski definition) is 4. The van der Waals surface area contributed by atoms with Gasteiger partial charge in [0, 0.05) is 13.2 Å². The number of aryl methyl sites for hydroxylation is 2. The summed E-state index contributed by atoms with van der Waals surface area (Å²) in [6, 6.07) is 3.40. The average Bonchev–Trinajstić information content (AvgIpc) is 2.85. The number of nitrogens with one attached hydrogen (secondary N) is 1. The summed E-state index contributed by atoms with van der Waals surface area (Å²) in [6.07, 6.45) is 1.74. The molecule has 7 heteroatoms. The normalized spacial score (nSPS) is 10.3. The SMILES string of the molecule is Cc1nsc(NC(=O)c2cccn2C)c1C(=O)O. The highest BCUT2D eigenvalue weighted by atomic mass is 32.1. The fraction of sp³-hybridized carbons (Fsp3) is 0.182. The van der Waals surface area contributed by atoms with Crippen LogP contribution in [0, 0.1) is 6.92 Å². The molecule has 2 aromatic heterocycles. The van der Waals surface area contributed by atoms with Crippen molar-refractivity contribution in [1.29, 1.82) is 0 Å². The van der Waals surface area contributed by atoms with E-state index in [9.17, 15) is 9.59 Å². The molecule has 1 amide bonds. The molecule has 2 heterocycles. The van der Waals surface area contributed by atoms with Gasteiger partial charge in [-0.05, 0) is 30.6 Å². The van der Waals surface area contributed by atoms with Crippen LogP contribution in [0.5, 0.6) is 0 Å². The van der Waals surface area contributed by atoms with Gasteiger partial charge in [0.1, 0.15) is 16.3 Å². The van der Waals surface area contributed by atoms with Gasteiger partial charge in [-0.25, -0.2) is 4.79 Å². The Labute approximate surface area is 107 Å². The molecule has 0 saturated carbocycles. The highest BCUT2D eigenvalue weighted by Crippen LogP contribution is 2.24. The van der Waals surface area contributed by atoms with Crippen molar-refractivity contribution < 1.29 is 14.7 Å². The fourth-order valence-electron chi connectivity index (χ4n) is 1.57. The van der Waals surface area contributed by atoms with Crippen molar-refractivity contribution >= 4 is 28.4 Å². The molecule has 0 aliphatic heterocycles. The Bertz CT molecular complexity index is 615. The maximum absolute atomic E-state index is 11.9. The van der Waals surface area contributed by atoms with E-state index in [4.69, 9.17) is 5.11 Å². The summed E-state index contributed by atoms with van der Waals surface area (Å²) in [5.41, 5.74) is 0.898. The predicted octanol–water partition coefficient (Wildman–Crippen LogP) is 1.74. The van der Waals surface area contributed by atoms with E-state index < -0.39 is 5.97 Å². The fourth-order valence-corrected chi connectivity index (χ4v) is 2.36. The number of anilines is 1. The Morgan fingerprint density at radius 3 is 2.78 bits per heavy atom. The maximum Gasteiger partial charge on any atom is 0.340 e. The summed E-state index contributed by atoms with van der Waals surface area (Å²) >= 11 is 0.964. The minimum Gasteiger partial charge on any atom is -0.478 e. The minimum atomic E-state index is -1.09. The lowest BCUT2D eigenvalue weighted by Crippen LogP contribution is -2.16. The van der Waals surface area contributed by atoms with Crippen LogP contribution in [-0.4, -0.2) is 25.9 Å². The largest absolute Gasteiger partial charge is 0.478 e.